The number of carboxylic acids is 1. The molecule has 0 aliphatic heterocycles. The minimum Gasteiger partial charge on any atom is -0.497 e. The highest BCUT2D eigenvalue weighted by Gasteiger charge is 2.06. The van der Waals surface area contributed by atoms with E-state index in [1.165, 1.54) is 0 Å². The molecule has 0 radical (unpaired) electrons. The van der Waals surface area contributed by atoms with Gasteiger partial charge in [0.25, 0.3) is 0 Å². The van der Waals surface area contributed by atoms with E-state index in [0.717, 1.165) is 6.21 Å². The van der Waals surface area contributed by atoms with Crippen molar-refractivity contribution in [2.75, 3.05) is 12.5 Å². The number of ether oxygens (including phenoxy) is 1. The molecule has 0 aliphatic carbocycles. The first-order valence-electron chi connectivity index (χ1n) is 4.56. The van der Waals surface area contributed by atoms with Gasteiger partial charge < -0.3 is 15.1 Å². The number of benzene rings is 1. The van der Waals surface area contributed by atoms with Crippen molar-refractivity contribution in [1.29, 1.82) is 0 Å². The molecule has 0 unspecified atom stereocenters. The fourth-order valence-electron chi connectivity index (χ4n) is 0.977. The van der Waals surface area contributed by atoms with E-state index in [9.17, 15) is 4.79 Å². The average molecular weight is 237 g/mol. The first-order chi connectivity index (χ1) is 8.17. The van der Waals surface area contributed by atoms with Crippen LogP contribution < -0.4 is 10.2 Å². The zero-order valence-electron chi connectivity index (χ0n) is 8.99. The Morgan fingerprint density at radius 3 is 2.53 bits per heavy atom. The smallest absolute Gasteiger partial charge is 0.358 e. The summed E-state index contributed by atoms with van der Waals surface area (Å²) < 4.78 is 4.96. The van der Waals surface area contributed by atoms with Gasteiger partial charge in [-0.25, -0.2) is 4.79 Å². The van der Waals surface area contributed by atoms with Crippen molar-refractivity contribution in [3.05, 3.63) is 24.3 Å². The maximum Gasteiger partial charge on any atom is 0.358 e. The summed E-state index contributed by atoms with van der Waals surface area (Å²) in [6, 6.07) is 6.71. The number of carboxylic acid groups (broad SMARTS) is 1. The zero-order valence-corrected chi connectivity index (χ0v) is 8.99. The maximum atomic E-state index is 10.6. The second-order valence-corrected chi connectivity index (χ2v) is 2.89. The number of hydrogen-bond donors (Lipinski definition) is 3. The molecular formula is C10H11N3O4. The molecule has 0 amide bonds. The van der Waals surface area contributed by atoms with Crippen LogP contribution in [0.3, 0.4) is 0 Å². The monoisotopic (exact) mass is 237 g/mol. The molecule has 17 heavy (non-hydrogen) atoms. The summed E-state index contributed by atoms with van der Waals surface area (Å²) in [7, 11) is 1.54. The predicted molar refractivity (Wildman–Crippen MR) is 62.0 cm³/mol. The summed E-state index contributed by atoms with van der Waals surface area (Å²) in [5.41, 5.74) is 2.68. The highest BCUT2D eigenvalue weighted by atomic mass is 16.5. The highest BCUT2D eigenvalue weighted by Crippen LogP contribution is 2.14. The quantitative estimate of drug-likeness (QED) is 0.403. The van der Waals surface area contributed by atoms with Crippen molar-refractivity contribution in [1.82, 2.24) is 0 Å². The highest BCUT2D eigenvalue weighted by molar-refractivity contribution is 6.58. The molecule has 0 aliphatic rings. The number of rotatable bonds is 5. The van der Waals surface area contributed by atoms with Gasteiger partial charge in [-0.15, -0.1) is 0 Å². The van der Waals surface area contributed by atoms with Gasteiger partial charge in [-0.3, -0.25) is 5.43 Å². The van der Waals surface area contributed by atoms with Gasteiger partial charge in [0.1, 0.15) is 12.0 Å². The Balaban J connectivity index is 2.76. The van der Waals surface area contributed by atoms with Crippen LogP contribution >= 0.6 is 0 Å². The van der Waals surface area contributed by atoms with E-state index in [2.05, 4.69) is 15.7 Å². The lowest BCUT2D eigenvalue weighted by Crippen LogP contribution is -2.16. The summed E-state index contributed by atoms with van der Waals surface area (Å²) in [4.78, 5) is 10.6. The normalized spacial score (nSPS) is 11.5. The Hall–Kier alpha value is -2.57. The second-order valence-electron chi connectivity index (χ2n) is 2.89. The molecule has 1 rings (SSSR count). The van der Waals surface area contributed by atoms with Crippen molar-refractivity contribution >= 4 is 23.6 Å². The van der Waals surface area contributed by atoms with Gasteiger partial charge in [-0.1, -0.05) is 5.16 Å². The predicted octanol–water partition coefficient (Wildman–Crippen LogP) is 1.01. The Morgan fingerprint density at radius 1 is 1.41 bits per heavy atom. The van der Waals surface area contributed by atoms with Gasteiger partial charge in [0.2, 0.25) is 0 Å². The largest absolute Gasteiger partial charge is 0.497 e. The van der Waals surface area contributed by atoms with E-state index >= 15 is 0 Å². The summed E-state index contributed by atoms with van der Waals surface area (Å²) in [5.74, 6) is -0.626. The molecule has 3 N–H and O–H groups in total. The summed E-state index contributed by atoms with van der Waals surface area (Å²) in [6.45, 7) is 0. The number of aliphatic carboxylic acids is 1. The molecule has 7 heteroatoms. The van der Waals surface area contributed by atoms with Crippen LogP contribution in [-0.2, 0) is 4.79 Å². The minimum atomic E-state index is -1.30. The standard InChI is InChI=1S/C10H11N3O4/c1-17-8-4-2-7(3-5-8)12-13-9(6-11-16)10(14)15/h2-6,12,16H,1H3,(H,14,15)/b11-6+,13-9+. The topological polar surface area (TPSA) is 104 Å². The van der Waals surface area contributed by atoms with Crippen molar-refractivity contribution in [3.8, 4) is 5.75 Å². The summed E-state index contributed by atoms with van der Waals surface area (Å²) in [6.07, 6.45) is 0.721. The Bertz CT molecular complexity index is 439. The first kappa shape index (κ1) is 12.5. The average Bonchev–Trinajstić information content (AvgIpc) is 2.34. The van der Waals surface area contributed by atoms with Crippen LogP contribution in [-0.4, -0.2) is 35.3 Å². The number of hydrazone groups is 1. The number of carbonyl (C=O) groups is 1. The molecule has 0 heterocycles. The number of nitrogens with zero attached hydrogens (tertiary/aromatic N) is 2. The molecular weight excluding hydrogens is 226 g/mol. The van der Waals surface area contributed by atoms with Crippen molar-refractivity contribution in [2.45, 2.75) is 0 Å². The lowest BCUT2D eigenvalue weighted by Gasteiger charge is -2.02. The van der Waals surface area contributed by atoms with Gasteiger partial charge in [-0.2, -0.15) is 5.10 Å². The molecule has 0 aromatic heterocycles. The number of methoxy groups -OCH3 is 1. The van der Waals surface area contributed by atoms with Crippen molar-refractivity contribution < 1.29 is 19.8 Å². The van der Waals surface area contributed by atoms with Crippen molar-refractivity contribution in [2.24, 2.45) is 10.3 Å². The molecule has 0 bridgehead atoms. The van der Waals surface area contributed by atoms with Gasteiger partial charge in [0, 0.05) is 0 Å². The number of oxime groups is 1. The van der Waals surface area contributed by atoms with Crippen LogP contribution in [0.2, 0.25) is 0 Å². The van der Waals surface area contributed by atoms with Gasteiger partial charge >= 0.3 is 5.97 Å². The third kappa shape index (κ3) is 3.82. The van der Waals surface area contributed by atoms with E-state index < -0.39 is 11.7 Å². The number of anilines is 1. The lowest BCUT2D eigenvalue weighted by atomic mass is 10.3. The lowest BCUT2D eigenvalue weighted by molar-refractivity contribution is -0.129. The van der Waals surface area contributed by atoms with E-state index in [1.54, 1.807) is 31.4 Å². The van der Waals surface area contributed by atoms with Crippen LogP contribution in [0.1, 0.15) is 0 Å². The van der Waals surface area contributed by atoms with Gasteiger partial charge in [0.05, 0.1) is 12.8 Å². The van der Waals surface area contributed by atoms with E-state index in [-0.39, 0.29) is 0 Å². The Kier molecular flexibility index (Phi) is 4.49. The number of nitrogens with one attached hydrogen (secondary N) is 1. The summed E-state index contributed by atoms with van der Waals surface area (Å²) >= 11 is 0. The molecule has 0 fully saturated rings. The SMILES string of the molecule is COc1ccc(N/N=C(\C=N\O)C(=O)O)cc1. The van der Waals surface area contributed by atoms with E-state index in [4.69, 9.17) is 15.1 Å². The second kappa shape index (κ2) is 6.11. The van der Waals surface area contributed by atoms with Crippen LogP contribution in [0.15, 0.2) is 34.5 Å². The fourth-order valence-corrected chi connectivity index (χ4v) is 0.977. The maximum absolute atomic E-state index is 10.6. The molecule has 0 saturated heterocycles. The zero-order chi connectivity index (χ0) is 12.7. The minimum absolute atomic E-state index is 0.414. The van der Waals surface area contributed by atoms with Gasteiger partial charge in [0.15, 0.2) is 5.71 Å². The molecule has 7 nitrogen and oxygen atoms in total. The third-order valence-electron chi connectivity index (χ3n) is 1.79. The molecule has 0 spiro atoms. The van der Waals surface area contributed by atoms with Crippen LogP contribution in [0.4, 0.5) is 5.69 Å². The molecule has 1 aromatic rings. The van der Waals surface area contributed by atoms with Crippen LogP contribution in [0, 0.1) is 0 Å². The number of hydrogen-bond acceptors (Lipinski definition) is 6. The summed E-state index contributed by atoms with van der Waals surface area (Å²) in [5, 5.41) is 23.1. The molecule has 90 valence electrons. The molecule has 0 saturated carbocycles. The van der Waals surface area contributed by atoms with E-state index in [0.29, 0.717) is 11.4 Å². The first-order valence-corrected chi connectivity index (χ1v) is 4.56. The molecule has 1 aromatic carbocycles. The Labute approximate surface area is 97.0 Å². The Morgan fingerprint density at radius 2 is 2.06 bits per heavy atom. The third-order valence-corrected chi connectivity index (χ3v) is 1.79. The fraction of sp³-hybridized carbons (Fsp3) is 0.100. The van der Waals surface area contributed by atoms with Crippen LogP contribution in [0.25, 0.3) is 0 Å². The van der Waals surface area contributed by atoms with Gasteiger partial charge in [-0.05, 0) is 24.3 Å². The molecule has 0 atom stereocenters. The van der Waals surface area contributed by atoms with E-state index in [1.807, 2.05) is 0 Å². The van der Waals surface area contributed by atoms with Crippen molar-refractivity contribution in [3.63, 3.8) is 0 Å². The van der Waals surface area contributed by atoms with Crippen LogP contribution in [0.5, 0.6) is 5.75 Å².